The van der Waals surface area contributed by atoms with E-state index in [1.54, 1.807) is 6.20 Å². The van der Waals surface area contributed by atoms with Gasteiger partial charge in [0, 0.05) is 25.5 Å². The van der Waals surface area contributed by atoms with E-state index in [9.17, 15) is 0 Å². The highest BCUT2D eigenvalue weighted by Crippen LogP contribution is 2.02. The molecule has 0 aliphatic rings. The van der Waals surface area contributed by atoms with Gasteiger partial charge in [0.2, 0.25) is 5.95 Å². The molecule has 0 unspecified atom stereocenters. The van der Waals surface area contributed by atoms with Crippen molar-refractivity contribution in [3.8, 4) is 0 Å². The van der Waals surface area contributed by atoms with E-state index in [0.29, 0.717) is 0 Å². The van der Waals surface area contributed by atoms with E-state index in [0.717, 1.165) is 32.0 Å². The summed E-state index contributed by atoms with van der Waals surface area (Å²) in [6, 6.07) is 0. The normalized spacial score (nSPS) is 10.2. The van der Waals surface area contributed by atoms with Crippen molar-refractivity contribution in [3.63, 3.8) is 0 Å². The maximum atomic E-state index is 5.37. The first-order valence-electron chi connectivity index (χ1n) is 4.33. The van der Waals surface area contributed by atoms with Gasteiger partial charge in [0.1, 0.15) is 0 Å². The molecule has 0 aliphatic heterocycles. The maximum Gasteiger partial charge on any atom is 0.202 e. The van der Waals surface area contributed by atoms with Gasteiger partial charge in [-0.15, -0.1) is 0 Å². The average molecular weight is 168 g/mol. The summed E-state index contributed by atoms with van der Waals surface area (Å²) < 4.78 is 2.07. The van der Waals surface area contributed by atoms with Gasteiger partial charge in [-0.2, -0.15) is 0 Å². The van der Waals surface area contributed by atoms with Crippen LogP contribution in [0.3, 0.4) is 0 Å². The zero-order chi connectivity index (χ0) is 8.81. The fourth-order valence-electron chi connectivity index (χ4n) is 1.03. The molecular weight excluding hydrogens is 152 g/mol. The van der Waals surface area contributed by atoms with Crippen LogP contribution >= 0.6 is 0 Å². The lowest BCUT2D eigenvalue weighted by molar-refractivity contribution is 0.756. The fraction of sp³-hybridized carbons (Fsp3) is 0.625. The number of anilines is 1. The second-order valence-corrected chi connectivity index (χ2v) is 2.61. The van der Waals surface area contributed by atoms with Crippen molar-refractivity contribution in [1.29, 1.82) is 0 Å². The molecule has 1 aromatic heterocycles. The highest BCUT2D eigenvalue weighted by molar-refractivity contribution is 5.25. The molecule has 1 aromatic rings. The zero-order valence-electron chi connectivity index (χ0n) is 7.45. The summed E-state index contributed by atoms with van der Waals surface area (Å²) in [5.74, 6) is 0.936. The molecule has 1 heterocycles. The largest absolute Gasteiger partial charge is 0.356 e. The van der Waals surface area contributed by atoms with E-state index in [1.807, 2.05) is 6.20 Å². The van der Waals surface area contributed by atoms with E-state index >= 15 is 0 Å². The molecule has 0 radical (unpaired) electrons. The molecule has 4 nitrogen and oxygen atoms in total. The molecule has 0 bridgehead atoms. The molecule has 0 amide bonds. The lowest BCUT2D eigenvalue weighted by Gasteiger charge is -2.06. The number of imidazole rings is 1. The van der Waals surface area contributed by atoms with Crippen molar-refractivity contribution in [2.24, 2.45) is 5.73 Å². The first kappa shape index (κ1) is 9.06. The van der Waals surface area contributed by atoms with Crippen LogP contribution in [-0.4, -0.2) is 22.6 Å². The molecule has 0 saturated heterocycles. The Morgan fingerprint density at radius 1 is 1.67 bits per heavy atom. The van der Waals surface area contributed by atoms with Gasteiger partial charge in [-0.25, -0.2) is 4.98 Å². The summed E-state index contributed by atoms with van der Waals surface area (Å²) >= 11 is 0. The van der Waals surface area contributed by atoms with Crippen LogP contribution in [0, 0.1) is 0 Å². The molecule has 3 N–H and O–H groups in total. The molecular formula is C8H16N4. The van der Waals surface area contributed by atoms with Crippen molar-refractivity contribution in [2.45, 2.75) is 19.9 Å². The predicted molar refractivity (Wildman–Crippen MR) is 50.1 cm³/mol. The van der Waals surface area contributed by atoms with Gasteiger partial charge in [-0.1, -0.05) is 0 Å². The Hall–Kier alpha value is -1.03. The van der Waals surface area contributed by atoms with E-state index < -0.39 is 0 Å². The SMILES string of the molecule is CCn1ccnc1NCCCN. The molecule has 0 fully saturated rings. The number of hydrogen-bond donors (Lipinski definition) is 2. The number of nitrogens with one attached hydrogen (secondary N) is 1. The topological polar surface area (TPSA) is 55.9 Å². The Morgan fingerprint density at radius 3 is 3.17 bits per heavy atom. The second kappa shape index (κ2) is 4.77. The third kappa shape index (κ3) is 2.23. The second-order valence-electron chi connectivity index (χ2n) is 2.61. The third-order valence-corrected chi connectivity index (χ3v) is 1.72. The van der Waals surface area contributed by atoms with Crippen LogP contribution < -0.4 is 11.1 Å². The van der Waals surface area contributed by atoms with Crippen LogP contribution in [0.15, 0.2) is 12.4 Å². The van der Waals surface area contributed by atoms with Crippen LogP contribution in [-0.2, 0) is 6.54 Å². The van der Waals surface area contributed by atoms with Crippen molar-refractivity contribution < 1.29 is 0 Å². The Labute approximate surface area is 72.8 Å². The third-order valence-electron chi connectivity index (χ3n) is 1.72. The summed E-state index contributed by atoms with van der Waals surface area (Å²) in [7, 11) is 0. The van der Waals surface area contributed by atoms with Gasteiger partial charge in [0.25, 0.3) is 0 Å². The molecule has 0 aliphatic carbocycles. The fourth-order valence-corrected chi connectivity index (χ4v) is 1.03. The van der Waals surface area contributed by atoms with Crippen LogP contribution in [0.5, 0.6) is 0 Å². The van der Waals surface area contributed by atoms with Crippen molar-refractivity contribution in [1.82, 2.24) is 9.55 Å². The number of hydrogen-bond acceptors (Lipinski definition) is 3. The Balaban J connectivity index is 2.39. The van der Waals surface area contributed by atoms with Crippen molar-refractivity contribution >= 4 is 5.95 Å². The average Bonchev–Trinajstić information content (AvgIpc) is 2.52. The van der Waals surface area contributed by atoms with Gasteiger partial charge >= 0.3 is 0 Å². The minimum Gasteiger partial charge on any atom is -0.356 e. The number of nitrogens with two attached hydrogens (primary N) is 1. The van der Waals surface area contributed by atoms with Crippen LogP contribution in [0.4, 0.5) is 5.95 Å². The van der Waals surface area contributed by atoms with Gasteiger partial charge in [0.05, 0.1) is 0 Å². The number of nitrogens with zero attached hydrogens (tertiary/aromatic N) is 2. The Kier molecular flexibility index (Phi) is 3.60. The van der Waals surface area contributed by atoms with E-state index in [-0.39, 0.29) is 0 Å². The maximum absolute atomic E-state index is 5.37. The highest BCUT2D eigenvalue weighted by Gasteiger charge is 1.97. The quantitative estimate of drug-likeness (QED) is 0.635. The van der Waals surface area contributed by atoms with Crippen LogP contribution in [0.25, 0.3) is 0 Å². The summed E-state index contributed by atoms with van der Waals surface area (Å²) in [6.45, 7) is 4.66. The number of aromatic nitrogens is 2. The first-order valence-corrected chi connectivity index (χ1v) is 4.33. The van der Waals surface area contributed by atoms with Crippen molar-refractivity contribution in [2.75, 3.05) is 18.4 Å². The Bertz CT molecular complexity index is 219. The molecule has 12 heavy (non-hydrogen) atoms. The van der Waals surface area contributed by atoms with Crippen molar-refractivity contribution in [3.05, 3.63) is 12.4 Å². The lowest BCUT2D eigenvalue weighted by atomic mass is 10.4. The highest BCUT2D eigenvalue weighted by atomic mass is 15.2. The Morgan fingerprint density at radius 2 is 2.50 bits per heavy atom. The predicted octanol–water partition coefficient (Wildman–Crippen LogP) is 0.664. The summed E-state index contributed by atoms with van der Waals surface area (Å²) in [5, 5.41) is 3.22. The minimum atomic E-state index is 0.722. The summed E-state index contributed by atoms with van der Waals surface area (Å²) in [6.07, 6.45) is 4.75. The standard InChI is InChI=1S/C8H16N4/c1-2-12-7-6-11-8(12)10-5-3-4-9/h6-7H,2-5,9H2,1H3,(H,10,11). The summed E-state index contributed by atoms with van der Waals surface area (Å²) in [4.78, 5) is 4.17. The molecule has 0 atom stereocenters. The van der Waals surface area contributed by atoms with Crippen LogP contribution in [0.1, 0.15) is 13.3 Å². The van der Waals surface area contributed by atoms with Crippen LogP contribution in [0.2, 0.25) is 0 Å². The minimum absolute atomic E-state index is 0.722. The van der Waals surface area contributed by atoms with Gasteiger partial charge in [-0.05, 0) is 19.9 Å². The lowest BCUT2D eigenvalue weighted by Crippen LogP contribution is -2.11. The van der Waals surface area contributed by atoms with E-state index in [4.69, 9.17) is 5.73 Å². The van der Waals surface area contributed by atoms with Gasteiger partial charge in [-0.3, -0.25) is 0 Å². The number of rotatable bonds is 5. The molecule has 0 saturated carbocycles. The summed E-state index contributed by atoms with van der Waals surface area (Å²) in [5.41, 5.74) is 5.37. The molecule has 1 rings (SSSR count). The smallest absolute Gasteiger partial charge is 0.202 e. The molecule has 0 spiro atoms. The van der Waals surface area contributed by atoms with E-state index in [1.165, 1.54) is 0 Å². The zero-order valence-corrected chi connectivity index (χ0v) is 7.45. The number of aryl methyl sites for hydroxylation is 1. The monoisotopic (exact) mass is 168 g/mol. The van der Waals surface area contributed by atoms with Gasteiger partial charge < -0.3 is 15.6 Å². The van der Waals surface area contributed by atoms with E-state index in [2.05, 4.69) is 21.8 Å². The molecule has 68 valence electrons. The molecule has 0 aromatic carbocycles. The van der Waals surface area contributed by atoms with Gasteiger partial charge in [0.15, 0.2) is 0 Å². The first-order chi connectivity index (χ1) is 5.88. The molecule has 4 heteroatoms.